The minimum atomic E-state index is 0. The van der Waals surface area contributed by atoms with Crippen molar-refractivity contribution in [2.75, 3.05) is 0 Å². The Morgan fingerprint density at radius 2 is 1.17 bits per heavy atom. The fraction of sp³-hybridized carbons (Fsp3) is 0.120. The Labute approximate surface area is 206 Å². The van der Waals surface area contributed by atoms with Crippen LogP contribution in [0.1, 0.15) is 17.5 Å². The van der Waals surface area contributed by atoms with Crippen LogP contribution in [0.3, 0.4) is 0 Å². The van der Waals surface area contributed by atoms with Gasteiger partial charge in [-0.25, -0.2) is 0 Å². The van der Waals surface area contributed by atoms with Crippen LogP contribution in [0.25, 0.3) is 21.5 Å². The molecule has 0 aliphatic rings. The molecule has 0 amide bonds. The fourth-order valence-corrected chi connectivity index (χ4v) is 2.61. The third kappa shape index (κ3) is 11.7. The van der Waals surface area contributed by atoms with Crippen LogP contribution >= 0.6 is 24.8 Å². The van der Waals surface area contributed by atoms with Gasteiger partial charge in [0.15, 0.2) is 0 Å². The van der Waals surface area contributed by atoms with E-state index in [0.717, 1.165) is 6.42 Å². The molecule has 0 fully saturated rings. The molecule has 0 spiro atoms. The zero-order chi connectivity index (χ0) is 19.4. The molecule has 0 heterocycles. The van der Waals surface area contributed by atoms with Crippen LogP contribution in [0.2, 0.25) is 0 Å². The van der Waals surface area contributed by atoms with Crippen LogP contribution in [0.15, 0.2) is 85.5 Å². The van der Waals surface area contributed by atoms with Crippen molar-refractivity contribution in [3.05, 3.63) is 111 Å². The average Bonchev–Trinajstić information content (AvgIpc) is 3.24. The predicted molar refractivity (Wildman–Crippen MR) is 135 cm³/mol. The minimum absolute atomic E-state index is 0. The van der Waals surface area contributed by atoms with Gasteiger partial charge >= 0.3 is 30.2 Å². The summed E-state index contributed by atoms with van der Waals surface area (Å²) in [7, 11) is 0. The summed E-state index contributed by atoms with van der Waals surface area (Å²) in [4.78, 5) is 0. The Bertz CT molecular complexity index is 787. The molecule has 2 radical (unpaired) electrons. The van der Waals surface area contributed by atoms with Crippen molar-refractivity contribution in [3.8, 4) is 0 Å². The van der Waals surface area contributed by atoms with Crippen molar-refractivity contribution in [2.45, 2.75) is 20.3 Å². The molecule has 4 aromatic rings. The van der Waals surface area contributed by atoms with Gasteiger partial charge < -0.3 is 14.4 Å². The number of hydrogen-bond acceptors (Lipinski definition) is 0. The summed E-state index contributed by atoms with van der Waals surface area (Å²) in [5.41, 5.74) is 2.70. The summed E-state index contributed by atoms with van der Waals surface area (Å²) in [5, 5.41) is 5.39. The molecule has 0 nitrogen and oxygen atoms in total. The zero-order valence-corrected chi connectivity index (χ0v) is 22.5. The van der Waals surface area contributed by atoms with E-state index in [4.69, 9.17) is 0 Å². The van der Waals surface area contributed by atoms with Crippen LogP contribution in [-0.2, 0) is 23.3 Å². The average molecular weight is 521 g/mol. The Kier molecular flexibility index (Phi) is 21.5. The second-order valence-corrected chi connectivity index (χ2v) is 5.90. The number of allylic oxidation sites excluding steroid dienone is 1. The van der Waals surface area contributed by atoms with Gasteiger partial charge in [-0.15, -0.1) is 119 Å². The zero-order valence-electron chi connectivity index (χ0n) is 17.4. The summed E-state index contributed by atoms with van der Waals surface area (Å²) in [6, 6.07) is 25.7. The molecule has 0 saturated heterocycles. The molecule has 0 N–H and O–H groups in total. The number of fused-ring (bicyclic) bond motifs is 2. The fourth-order valence-electron chi connectivity index (χ4n) is 2.61. The van der Waals surface area contributed by atoms with E-state index in [9.17, 15) is 0 Å². The van der Waals surface area contributed by atoms with Crippen molar-refractivity contribution in [1.82, 2.24) is 0 Å². The summed E-state index contributed by atoms with van der Waals surface area (Å²) >= 11 is 1.36. The molecule has 4 heteroatoms. The second kappa shape index (κ2) is 19.1. The first-order valence-electron chi connectivity index (χ1n) is 8.53. The maximum atomic E-state index is 3.49. The van der Waals surface area contributed by atoms with E-state index < -0.39 is 0 Å². The third-order valence-corrected chi connectivity index (χ3v) is 3.73. The summed E-state index contributed by atoms with van der Waals surface area (Å²) in [6.07, 6.45) is 2.60. The molecule has 0 saturated carbocycles. The first-order valence-corrected chi connectivity index (χ1v) is 12.7. The Balaban J connectivity index is -0.000000342. The van der Waals surface area contributed by atoms with Crippen LogP contribution in [0.5, 0.6) is 0 Å². The number of halogens is 2. The number of hydrogen-bond donors (Lipinski definition) is 0. The van der Waals surface area contributed by atoms with Crippen molar-refractivity contribution in [3.63, 3.8) is 0 Å². The molecule has 0 bridgehead atoms. The summed E-state index contributed by atoms with van der Waals surface area (Å²) < 4.78 is 0. The summed E-state index contributed by atoms with van der Waals surface area (Å²) in [6.45, 7) is 14.2. The van der Waals surface area contributed by atoms with E-state index in [2.05, 4.69) is 107 Å². The monoisotopic (exact) mass is 518 g/mol. The van der Waals surface area contributed by atoms with Gasteiger partial charge in [-0.2, -0.15) is 18.6 Å². The van der Waals surface area contributed by atoms with Gasteiger partial charge in [0.1, 0.15) is 0 Å². The first-order chi connectivity index (χ1) is 12.6. The molecule has 0 aliphatic carbocycles. The maximum absolute atomic E-state index is 3.49. The SMILES string of the molecule is C=CC[CH2-].Cc1cc2ccccc2[cH-]1.Cc1cc2ccccc2[cH-]1.Cl.Cl.[CH3-].[Si]=[Zr]. The number of rotatable bonds is 1. The van der Waals surface area contributed by atoms with E-state index in [1.54, 1.807) is 6.08 Å². The Morgan fingerprint density at radius 3 is 1.45 bits per heavy atom. The van der Waals surface area contributed by atoms with Crippen LogP contribution in [0, 0.1) is 28.2 Å². The van der Waals surface area contributed by atoms with E-state index in [1.807, 2.05) is 0 Å². The number of benzene rings is 2. The molecule has 0 aliphatic heterocycles. The Hall–Kier alpha value is -0.920. The predicted octanol–water partition coefficient (Wildman–Crippen LogP) is 8.04. The van der Waals surface area contributed by atoms with E-state index >= 15 is 0 Å². The molecule has 4 rings (SSSR count). The van der Waals surface area contributed by atoms with Gasteiger partial charge in [-0.1, -0.05) is 26.0 Å². The van der Waals surface area contributed by atoms with Crippen molar-refractivity contribution in [1.29, 1.82) is 0 Å². The summed E-state index contributed by atoms with van der Waals surface area (Å²) in [5.74, 6) is 0. The Morgan fingerprint density at radius 1 is 0.862 bits per heavy atom. The van der Waals surface area contributed by atoms with Crippen molar-refractivity contribution in [2.24, 2.45) is 0 Å². The molecule has 29 heavy (non-hydrogen) atoms. The molecule has 0 unspecified atom stereocenters. The van der Waals surface area contributed by atoms with E-state index in [0.29, 0.717) is 0 Å². The molecular formula is C25H30Cl2SiZr-4. The van der Waals surface area contributed by atoms with Crippen LogP contribution in [-0.4, -0.2) is 6.88 Å². The van der Waals surface area contributed by atoms with Gasteiger partial charge in [0, 0.05) is 0 Å². The van der Waals surface area contributed by atoms with E-state index in [1.165, 1.54) is 56.0 Å². The molecule has 0 aromatic heterocycles. The van der Waals surface area contributed by atoms with Gasteiger partial charge in [0.05, 0.1) is 0 Å². The standard InChI is InChI=1S/2C10H9.C4H7.CH3.2ClH.Si.Zr/c2*1-8-6-9-4-2-3-5-10(9)7-8;1-3-4-2;;;;;/h2*2-7H,1H3;3H,1-2,4H2;1H3;2*1H;;/q4*-1;;;;. The molecule has 0 atom stereocenters. The normalized spacial score (nSPS) is 8.21. The topological polar surface area (TPSA) is 0 Å². The van der Waals surface area contributed by atoms with Crippen LogP contribution in [0.4, 0.5) is 0 Å². The van der Waals surface area contributed by atoms with Gasteiger partial charge in [-0.05, 0) is 0 Å². The van der Waals surface area contributed by atoms with Crippen molar-refractivity contribution < 1.29 is 23.3 Å². The molecule has 156 valence electrons. The van der Waals surface area contributed by atoms with Crippen molar-refractivity contribution >= 4 is 53.2 Å². The third-order valence-electron chi connectivity index (χ3n) is 3.73. The first kappa shape index (κ1) is 32.7. The van der Waals surface area contributed by atoms with Crippen LogP contribution < -0.4 is 0 Å². The van der Waals surface area contributed by atoms with Gasteiger partial charge in [-0.3, -0.25) is 0 Å². The quantitative estimate of drug-likeness (QED) is 0.135. The van der Waals surface area contributed by atoms with Gasteiger partial charge in [0.25, 0.3) is 0 Å². The second-order valence-electron chi connectivity index (χ2n) is 5.90. The van der Waals surface area contributed by atoms with Gasteiger partial charge in [0.2, 0.25) is 0 Å². The number of aryl methyl sites for hydroxylation is 2. The molecular weight excluding hydrogens is 490 g/mol. The van der Waals surface area contributed by atoms with E-state index in [-0.39, 0.29) is 32.2 Å². The molecule has 4 aromatic carbocycles.